The van der Waals surface area contributed by atoms with Crippen LogP contribution in [0.15, 0.2) is 18.5 Å². The number of hydrogen-bond acceptors (Lipinski definition) is 3. The Hall–Kier alpha value is -1.62. The van der Waals surface area contributed by atoms with Crippen molar-refractivity contribution in [1.82, 2.24) is 24.9 Å². The van der Waals surface area contributed by atoms with E-state index in [-0.39, 0.29) is 0 Å². The van der Waals surface area contributed by atoms with E-state index in [1.807, 2.05) is 24.1 Å². The molecule has 1 atom stereocenters. The fourth-order valence-electron chi connectivity index (χ4n) is 2.74. The Bertz CT molecular complexity index is 513. The highest BCUT2D eigenvalue weighted by atomic mass is 15.3. The molecule has 0 aliphatic carbocycles. The topological polar surface area (TPSA) is 49.7 Å². The number of nitrogens with one attached hydrogen (secondary N) is 1. The van der Waals surface area contributed by atoms with Crippen LogP contribution in [-0.4, -0.2) is 31.4 Å². The third-order valence-electron chi connectivity index (χ3n) is 3.96. The predicted octanol–water partition coefficient (Wildman–Crippen LogP) is 1.79. The van der Waals surface area contributed by atoms with Crippen LogP contribution in [0, 0.1) is 6.92 Å². The number of nitrogens with zero attached hydrogens (tertiary/aromatic N) is 4. The second-order valence-electron chi connectivity index (χ2n) is 5.02. The van der Waals surface area contributed by atoms with Gasteiger partial charge in [-0.25, -0.2) is 0 Å². The number of H-pyrrole nitrogens is 1. The molecule has 5 heteroatoms. The first-order valence-corrected chi connectivity index (χ1v) is 6.46. The van der Waals surface area contributed by atoms with Crippen LogP contribution in [0.2, 0.25) is 0 Å². The van der Waals surface area contributed by atoms with Gasteiger partial charge in [-0.1, -0.05) is 0 Å². The lowest BCUT2D eigenvalue weighted by Crippen LogP contribution is -2.23. The standard InChI is InChI=1S/C13H19N5/c1-10-11(8-15-17(10)2)9-18-7-3-4-13(18)12-5-6-14-16-12/h5-6,8,13H,3-4,7,9H2,1-2H3,(H,14,16). The molecular formula is C13H19N5. The van der Waals surface area contributed by atoms with Crippen molar-refractivity contribution in [3.63, 3.8) is 0 Å². The van der Waals surface area contributed by atoms with E-state index in [0.717, 1.165) is 13.1 Å². The number of hydrogen-bond donors (Lipinski definition) is 1. The van der Waals surface area contributed by atoms with Crippen molar-refractivity contribution in [3.05, 3.63) is 35.4 Å². The molecule has 0 aromatic carbocycles. The fourth-order valence-corrected chi connectivity index (χ4v) is 2.74. The molecular weight excluding hydrogens is 226 g/mol. The molecule has 5 nitrogen and oxygen atoms in total. The first-order valence-electron chi connectivity index (χ1n) is 6.46. The fraction of sp³-hybridized carbons (Fsp3) is 0.538. The van der Waals surface area contributed by atoms with Gasteiger partial charge >= 0.3 is 0 Å². The van der Waals surface area contributed by atoms with E-state index >= 15 is 0 Å². The molecule has 2 aromatic rings. The Labute approximate surface area is 107 Å². The van der Waals surface area contributed by atoms with Crippen molar-refractivity contribution in [2.45, 2.75) is 32.4 Å². The molecule has 18 heavy (non-hydrogen) atoms. The van der Waals surface area contributed by atoms with Crippen molar-refractivity contribution in [1.29, 1.82) is 0 Å². The minimum Gasteiger partial charge on any atom is -0.290 e. The van der Waals surface area contributed by atoms with Crippen LogP contribution >= 0.6 is 0 Å². The van der Waals surface area contributed by atoms with Gasteiger partial charge in [0.05, 0.1) is 17.9 Å². The first-order chi connectivity index (χ1) is 8.75. The Morgan fingerprint density at radius 2 is 2.39 bits per heavy atom. The van der Waals surface area contributed by atoms with Crippen LogP contribution in [0.3, 0.4) is 0 Å². The molecule has 1 N–H and O–H groups in total. The van der Waals surface area contributed by atoms with E-state index in [0.29, 0.717) is 6.04 Å². The molecule has 0 radical (unpaired) electrons. The summed E-state index contributed by atoms with van der Waals surface area (Å²) < 4.78 is 1.94. The lowest BCUT2D eigenvalue weighted by atomic mass is 10.1. The summed E-state index contributed by atoms with van der Waals surface area (Å²) in [6, 6.07) is 2.56. The van der Waals surface area contributed by atoms with Crippen LogP contribution in [0.25, 0.3) is 0 Å². The summed E-state index contributed by atoms with van der Waals surface area (Å²) >= 11 is 0. The van der Waals surface area contributed by atoms with Gasteiger partial charge in [-0.05, 0) is 32.4 Å². The lowest BCUT2D eigenvalue weighted by molar-refractivity contribution is 0.244. The number of aryl methyl sites for hydroxylation is 1. The predicted molar refractivity (Wildman–Crippen MR) is 68.9 cm³/mol. The molecule has 3 rings (SSSR count). The molecule has 1 aliphatic heterocycles. The number of aromatic nitrogens is 4. The maximum Gasteiger partial charge on any atom is 0.0537 e. The zero-order chi connectivity index (χ0) is 12.5. The molecule has 2 aromatic heterocycles. The van der Waals surface area contributed by atoms with Crippen LogP contribution in [0.5, 0.6) is 0 Å². The molecule has 0 saturated carbocycles. The minimum absolute atomic E-state index is 0.479. The van der Waals surface area contributed by atoms with Crippen molar-refractivity contribution >= 4 is 0 Å². The Kier molecular flexibility index (Phi) is 2.91. The monoisotopic (exact) mass is 245 g/mol. The first kappa shape index (κ1) is 11.5. The molecule has 0 spiro atoms. The van der Waals surface area contributed by atoms with Gasteiger partial charge in [-0.15, -0.1) is 0 Å². The Morgan fingerprint density at radius 3 is 3.06 bits per heavy atom. The average molecular weight is 245 g/mol. The molecule has 96 valence electrons. The summed E-state index contributed by atoms with van der Waals surface area (Å²) in [5.74, 6) is 0. The Balaban J connectivity index is 1.78. The maximum atomic E-state index is 4.32. The largest absolute Gasteiger partial charge is 0.290 e. The van der Waals surface area contributed by atoms with Crippen molar-refractivity contribution in [2.75, 3.05) is 6.54 Å². The SMILES string of the molecule is Cc1c(CN2CCCC2c2ccn[nH]2)cnn1C. The molecule has 0 amide bonds. The van der Waals surface area contributed by atoms with Gasteiger partial charge in [0.2, 0.25) is 0 Å². The van der Waals surface area contributed by atoms with Gasteiger partial charge in [0.15, 0.2) is 0 Å². The highest BCUT2D eigenvalue weighted by Gasteiger charge is 2.27. The number of aromatic amines is 1. The zero-order valence-electron chi connectivity index (χ0n) is 10.9. The van der Waals surface area contributed by atoms with Gasteiger partial charge in [-0.3, -0.25) is 14.7 Å². The third-order valence-corrected chi connectivity index (χ3v) is 3.96. The summed E-state index contributed by atoms with van der Waals surface area (Å²) in [5, 5.41) is 11.5. The van der Waals surface area contributed by atoms with Crippen molar-refractivity contribution < 1.29 is 0 Å². The lowest BCUT2D eigenvalue weighted by Gasteiger charge is -2.23. The van der Waals surface area contributed by atoms with E-state index in [9.17, 15) is 0 Å². The van der Waals surface area contributed by atoms with Gasteiger partial charge < -0.3 is 0 Å². The third kappa shape index (κ3) is 1.95. The van der Waals surface area contributed by atoms with Crippen LogP contribution in [-0.2, 0) is 13.6 Å². The van der Waals surface area contributed by atoms with Gasteiger partial charge in [-0.2, -0.15) is 10.2 Å². The normalized spacial score (nSPS) is 20.7. The summed E-state index contributed by atoms with van der Waals surface area (Å²) in [4.78, 5) is 2.51. The number of likely N-dealkylation sites (tertiary alicyclic amines) is 1. The summed E-state index contributed by atoms with van der Waals surface area (Å²) in [5.41, 5.74) is 3.81. The quantitative estimate of drug-likeness (QED) is 0.897. The van der Waals surface area contributed by atoms with Crippen LogP contribution in [0.1, 0.15) is 35.8 Å². The summed E-state index contributed by atoms with van der Waals surface area (Å²) in [6.45, 7) is 4.25. The van der Waals surface area contributed by atoms with E-state index < -0.39 is 0 Å². The molecule has 3 heterocycles. The molecule has 1 saturated heterocycles. The van der Waals surface area contributed by atoms with E-state index in [2.05, 4.69) is 33.2 Å². The van der Waals surface area contributed by atoms with Crippen molar-refractivity contribution in [3.8, 4) is 0 Å². The molecule has 1 aliphatic rings. The number of rotatable bonds is 3. The average Bonchev–Trinajstić information content (AvgIpc) is 3.06. The highest BCUT2D eigenvalue weighted by molar-refractivity contribution is 5.17. The molecule has 0 bridgehead atoms. The van der Waals surface area contributed by atoms with Gasteiger partial charge in [0, 0.05) is 31.0 Å². The summed E-state index contributed by atoms with van der Waals surface area (Å²) in [7, 11) is 2.00. The maximum absolute atomic E-state index is 4.32. The van der Waals surface area contributed by atoms with Crippen molar-refractivity contribution in [2.24, 2.45) is 7.05 Å². The van der Waals surface area contributed by atoms with Crippen LogP contribution in [0.4, 0.5) is 0 Å². The minimum atomic E-state index is 0.479. The zero-order valence-corrected chi connectivity index (χ0v) is 10.9. The van der Waals surface area contributed by atoms with Gasteiger partial charge in [0.1, 0.15) is 0 Å². The molecule has 1 fully saturated rings. The highest BCUT2D eigenvalue weighted by Crippen LogP contribution is 2.32. The van der Waals surface area contributed by atoms with E-state index in [1.54, 1.807) is 0 Å². The van der Waals surface area contributed by atoms with Crippen LogP contribution < -0.4 is 0 Å². The second-order valence-corrected chi connectivity index (χ2v) is 5.02. The second kappa shape index (κ2) is 4.57. The smallest absolute Gasteiger partial charge is 0.0537 e. The molecule has 1 unspecified atom stereocenters. The van der Waals surface area contributed by atoms with Gasteiger partial charge in [0.25, 0.3) is 0 Å². The van der Waals surface area contributed by atoms with E-state index in [4.69, 9.17) is 0 Å². The summed E-state index contributed by atoms with van der Waals surface area (Å²) in [6.07, 6.45) is 6.28. The Morgan fingerprint density at radius 1 is 1.50 bits per heavy atom. The van der Waals surface area contributed by atoms with E-state index in [1.165, 1.54) is 29.8 Å².